The van der Waals surface area contributed by atoms with Crippen LogP contribution in [0.5, 0.6) is 0 Å². The molecule has 0 unspecified atom stereocenters. The van der Waals surface area contributed by atoms with Gasteiger partial charge in [0.25, 0.3) is 0 Å². The molecule has 7 heteroatoms. The Bertz CT molecular complexity index is 477. The first kappa shape index (κ1) is 16.3. The van der Waals surface area contributed by atoms with Crippen LogP contribution in [-0.4, -0.2) is 20.5 Å². The second kappa shape index (κ2) is 5.77. The first-order chi connectivity index (χ1) is 7.28. The van der Waals surface area contributed by atoms with E-state index in [4.69, 9.17) is 5.73 Å². The zero-order chi connectivity index (χ0) is 12.4. The van der Waals surface area contributed by atoms with Gasteiger partial charge in [-0.2, -0.15) is 0 Å². The van der Waals surface area contributed by atoms with Crippen LogP contribution in [0.3, 0.4) is 0 Å². The Balaban J connectivity index is 0.00000256. The Hall–Kier alpha value is -0.690. The highest BCUT2D eigenvalue weighted by atomic mass is 35.5. The highest BCUT2D eigenvalue weighted by Gasteiger charge is 2.26. The molecule has 1 aromatic carbocycles. The summed E-state index contributed by atoms with van der Waals surface area (Å²) in [5.41, 5.74) is 4.60. The molecule has 0 heterocycles. The van der Waals surface area contributed by atoms with E-state index in [0.717, 1.165) is 6.07 Å². The SMILES string of the molecule is CC(C)(CN)NS(=O)(=O)c1ccccc1F.Cl. The van der Waals surface area contributed by atoms with Gasteiger partial charge >= 0.3 is 0 Å². The summed E-state index contributed by atoms with van der Waals surface area (Å²) in [7, 11) is -3.87. The topological polar surface area (TPSA) is 72.2 Å². The van der Waals surface area contributed by atoms with Crippen molar-refractivity contribution >= 4 is 22.4 Å². The van der Waals surface area contributed by atoms with Crippen molar-refractivity contribution in [3.8, 4) is 0 Å². The van der Waals surface area contributed by atoms with Gasteiger partial charge in [0.2, 0.25) is 10.0 Å². The van der Waals surface area contributed by atoms with Gasteiger partial charge in [-0.05, 0) is 26.0 Å². The largest absolute Gasteiger partial charge is 0.329 e. The van der Waals surface area contributed by atoms with E-state index in [-0.39, 0.29) is 23.8 Å². The summed E-state index contributed by atoms with van der Waals surface area (Å²) in [5, 5.41) is 0. The third-order valence-electron chi connectivity index (χ3n) is 2.05. The molecule has 0 radical (unpaired) electrons. The molecule has 0 fully saturated rings. The zero-order valence-corrected chi connectivity index (χ0v) is 11.2. The quantitative estimate of drug-likeness (QED) is 0.873. The van der Waals surface area contributed by atoms with Gasteiger partial charge < -0.3 is 5.73 Å². The Morgan fingerprint density at radius 2 is 1.88 bits per heavy atom. The van der Waals surface area contributed by atoms with E-state index in [9.17, 15) is 12.8 Å². The summed E-state index contributed by atoms with van der Waals surface area (Å²) >= 11 is 0. The van der Waals surface area contributed by atoms with Crippen molar-refractivity contribution in [1.82, 2.24) is 4.72 Å². The molecule has 1 rings (SSSR count). The Labute approximate surface area is 107 Å². The minimum Gasteiger partial charge on any atom is -0.329 e. The predicted molar refractivity (Wildman–Crippen MR) is 67.1 cm³/mol. The highest BCUT2D eigenvalue weighted by Crippen LogP contribution is 2.15. The van der Waals surface area contributed by atoms with Crippen molar-refractivity contribution in [1.29, 1.82) is 0 Å². The van der Waals surface area contributed by atoms with Gasteiger partial charge in [0, 0.05) is 12.1 Å². The Morgan fingerprint density at radius 3 is 2.35 bits per heavy atom. The average molecular weight is 283 g/mol. The molecule has 1 aromatic rings. The summed E-state index contributed by atoms with van der Waals surface area (Å²) in [4.78, 5) is -0.364. The predicted octanol–water partition coefficient (Wildman–Crippen LogP) is 1.26. The number of nitrogens with one attached hydrogen (secondary N) is 1. The number of benzene rings is 1. The Morgan fingerprint density at radius 1 is 1.35 bits per heavy atom. The smallest absolute Gasteiger partial charge is 0.244 e. The summed E-state index contributed by atoms with van der Waals surface area (Å²) in [6, 6.07) is 5.21. The fraction of sp³-hybridized carbons (Fsp3) is 0.400. The normalized spacial score (nSPS) is 12.0. The first-order valence-electron chi connectivity index (χ1n) is 4.77. The molecule has 0 atom stereocenters. The fourth-order valence-electron chi connectivity index (χ4n) is 1.12. The molecule has 0 amide bonds. The molecule has 3 N–H and O–H groups in total. The molecule has 4 nitrogen and oxygen atoms in total. The van der Waals surface area contributed by atoms with Crippen LogP contribution in [0.2, 0.25) is 0 Å². The van der Waals surface area contributed by atoms with Crippen LogP contribution in [0.15, 0.2) is 29.2 Å². The summed E-state index contributed by atoms with van der Waals surface area (Å²) in [6.45, 7) is 3.39. The van der Waals surface area contributed by atoms with E-state index in [1.807, 2.05) is 0 Å². The van der Waals surface area contributed by atoms with Gasteiger partial charge in [0.05, 0.1) is 0 Å². The summed E-state index contributed by atoms with van der Waals surface area (Å²) < 4.78 is 39.3. The third kappa shape index (κ3) is 4.23. The van der Waals surface area contributed by atoms with Gasteiger partial charge in [-0.15, -0.1) is 12.4 Å². The lowest BCUT2D eigenvalue weighted by atomic mass is 10.1. The lowest BCUT2D eigenvalue weighted by molar-refractivity contribution is 0.459. The molecule has 0 aliphatic rings. The number of halogens is 2. The van der Waals surface area contributed by atoms with E-state index < -0.39 is 21.4 Å². The molecule has 0 aliphatic heterocycles. The molecular weight excluding hydrogens is 267 g/mol. The summed E-state index contributed by atoms with van der Waals surface area (Å²) in [6.07, 6.45) is 0. The van der Waals surface area contributed by atoms with E-state index >= 15 is 0 Å². The minimum atomic E-state index is -3.87. The van der Waals surface area contributed by atoms with Crippen LogP contribution in [0.1, 0.15) is 13.8 Å². The molecule has 0 aliphatic carbocycles. The molecule has 0 saturated heterocycles. The molecule has 0 bridgehead atoms. The van der Waals surface area contributed by atoms with Crippen molar-refractivity contribution in [3.63, 3.8) is 0 Å². The van der Waals surface area contributed by atoms with Crippen LogP contribution in [0.4, 0.5) is 4.39 Å². The molecule has 17 heavy (non-hydrogen) atoms. The molecule has 0 aromatic heterocycles. The maximum Gasteiger partial charge on any atom is 0.244 e. The molecule has 0 saturated carbocycles. The number of hydrogen-bond donors (Lipinski definition) is 2. The zero-order valence-electron chi connectivity index (χ0n) is 9.60. The fourth-order valence-corrected chi connectivity index (χ4v) is 2.63. The third-order valence-corrected chi connectivity index (χ3v) is 3.78. The molecular formula is C10H16ClFN2O2S. The van der Waals surface area contributed by atoms with Crippen LogP contribution < -0.4 is 10.5 Å². The first-order valence-corrected chi connectivity index (χ1v) is 6.25. The van der Waals surface area contributed by atoms with Gasteiger partial charge in [0.15, 0.2) is 0 Å². The van der Waals surface area contributed by atoms with Crippen LogP contribution >= 0.6 is 12.4 Å². The lowest BCUT2D eigenvalue weighted by Gasteiger charge is -2.23. The van der Waals surface area contributed by atoms with Crippen molar-refractivity contribution in [2.75, 3.05) is 6.54 Å². The van der Waals surface area contributed by atoms with Crippen LogP contribution in [-0.2, 0) is 10.0 Å². The molecule has 98 valence electrons. The Kier molecular flexibility index (Phi) is 5.54. The van der Waals surface area contributed by atoms with Crippen molar-refractivity contribution in [2.45, 2.75) is 24.3 Å². The second-order valence-electron chi connectivity index (χ2n) is 4.12. The standard InChI is InChI=1S/C10H15FN2O2S.ClH/c1-10(2,7-12)13-16(14,15)9-6-4-3-5-8(9)11;/h3-6,13H,7,12H2,1-2H3;1H. The lowest BCUT2D eigenvalue weighted by Crippen LogP contribution is -2.48. The van der Waals surface area contributed by atoms with Crippen LogP contribution in [0, 0.1) is 5.82 Å². The number of sulfonamides is 1. The van der Waals surface area contributed by atoms with Gasteiger partial charge in [-0.1, -0.05) is 12.1 Å². The number of nitrogens with two attached hydrogens (primary N) is 1. The number of hydrogen-bond acceptors (Lipinski definition) is 3. The van der Waals surface area contributed by atoms with Gasteiger partial charge in [-0.3, -0.25) is 0 Å². The van der Waals surface area contributed by atoms with Crippen molar-refractivity contribution < 1.29 is 12.8 Å². The van der Waals surface area contributed by atoms with E-state index in [0.29, 0.717) is 0 Å². The van der Waals surface area contributed by atoms with E-state index in [1.165, 1.54) is 18.2 Å². The van der Waals surface area contributed by atoms with Crippen molar-refractivity contribution in [3.05, 3.63) is 30.1 Å². The monoisotopic (exact) mass is 282 g/mol. The minimum absolute atomic E-state index is 0. The molecule has 0 spiro atoms. The van der Waals surface area contributed by atoms with E-state index in [1.54, 1.807) is 13.8 Å². The van der Waals surface area contributed by atoms with E-state index in [2.05, 4.69) is 4.72 Å². The maximum absolute atomic E-state index is 13.3. The summed E-state index contributed by atoms with van der Waals surface area (Å²) in [5.74, 6) is -0.775. The van der Waals surface area contributed by atoms with Crippen LogP contribution in [0.25, 0.3) is 0 Å². The van der Waals surface area contributed by atoms with Crippen molar-refractivity contribution in [2.24, 2.45) is 5.73 Å². The van der Waals surface area contributed by atoms with Gasteiger partial charge in [0.1, 0.15) is 10.7 Å². The highest BCUT2D eigenvalue weighted by molar-refractivity contribution is 7.89. The number of rotatable bonds is 4. The van der Waals surface area contributed by atoms with Gasteiger partial charge in [-0.25, -0.2) is 17.5 Å². The second-order valence-corrected chi connectivity index (χ2v) is 5.77. The maximum atomic E-state index is 13.3. The average Bonchev–Trinajstić information content (AvgIpc) is 2.16.